The van der Waals surface area contributed by atoms with Crippen LogP contribution in [0.4, 0.5) is 5.69 Å². The van der Waals surface area contributed by atoms with Gasteiger partial charge in [-0.2, -0.15) is 0 Å². The number of aromatic nitrogens is 2. The van der Waals surface area contributed by atoms with Crippen LogP contribution in [0.5, 0.6) is 0 Å². The van der Waals surface area contributed by atoms with E-state index >= 15 is 0 Å². The smallest absolute Gasteiger partial charge is 0.221 e. The Labute approximate surface area is 101 Å². The fourth-order valence-corrected chi connectivity index (χ4v) is 1.47. The highest BCUT2D eigenvalue weighted by Crippen LogP contribution is 2.18. The van der Waals surface area contributed by atoms with Crippen LogP contribution in [0, 0.1) is 6.92 Å². The molecule has 0 unspecified atom stereocenters. The van der Waals surface area contributed by atoms with Crippen LogP contribution in [0.25, 0.3) is 10.9 Å². The molecule has 0 aliphatic carbocycles. The number of fused-ring (bicyclic) bond motifs is 1. The molecular weight excluding hydrogens is 214 g/mol. The summed E-state index contributed by atoms with van der Waals surface area (Å²) in [7, 11) is 0. The average molecular weight is 231 g/mol. The molecule has 4 heteroatoms. The van der Waals surface area contributed by atoms with Crippen molar-refractivity contribution in [1.29, 1.82) is 0 Å². The molecule has 0 aliphatic heterocycles. The van der Waals surface area contributed by atoms with Crippen molar-refractivity contribution in [3.63, 3.8) is 0 Å². The van der Waals surface area contributed by atoms with E-state index in [1.54, 1.807) is 0 Å². The van der Waals surface area contributed by atoms with E-state index in [0.717, 1.165) is 22.3 Å². The van der Waals surface area contributed by atoms with Crippen LogP contribution >= 0.6 is 0 Å². The Balaban J connectivity index is 0.000000686. The van der Waals surface area contributed by atoms with Crippen LogP contribution in [-0.2, 0) is 4.79 Å². The molecule has 0 radical (unpaired) electrons. The van der Waals surface area contributed by atoms with E-state index in [1.807, 2.05) is 39.0 Å². The van der Waals surface area contributed by atoms with Gasteiger partial charge in [-0.05, 0) is 25.1 Å². The minimum atomic E-state index is -0.0832. The first kappa shape index (κ1) is 13.1. The zero-order chi connectivity index (χ0) is 12.8. The van der Waals surface area contributed by atoms with Gasteiger partial charge in [0.1, 0.15) is 6.33 Å². The third kappa shape index (κ3) is 3.24. The zero-order valence-electron chi connectivity index (χ0n) is 10.6. The first-order valence-corrected chi connectivity index (χ1v) is 5.66. The summed E-state index contributed by atoms with van der Waals surface area (Å²) in [5, 5.41) is 3.72. The van der Waals surface area contributed by atoms with Gasteiger partial charge in [-0.15, -0.1) is 0 Å². The number of carbonyl (C=O) groups is 1. The van der Waals surface area contributed by atoms with Gasteiger partial charge in [-0.25, -0.2) is 9.97 Å². The van der Waals surface area contributed by atoms with Gasteiger partial charge in [-0.3, -0.25) is 4.79 Å². The van der Waals surface area contributed by atoms with Gasteiger partial charge in [0.2, 0.25) is 5.91 Å². The average Bonchev–Trinajstić information content (AvgIpc) is 2.31. The number of amides is 1. The summed E-state index contributed by atoms with van der Waals surface area (Å²) in [5.74, 6) is -0.0832. The van der Waals surface area contributed by atoms with E-state index in [-0.39, 0.29) is 5.91 Å². The zero-order valence-corrected chi connectivity index (χ0v) is 10.6. The Hall–Kier alpha value is -1.97. The van der Waals surface area contributed by atoms with Crippen molar-refractivity contribution in [1.82, 2.24) is 9.97 Å². The molecule has 0 fully saturated rings. The summed E-state index contributed by atoms with van der Waals surface area (Å²) in [5.41, 5.74) is 2.54. The Morgan fingerprint density at radius 2 is 1.94 bits per heavy atom. The van der Waals surface area contributed by atoms with Crippen molar-refractivity contribution in [2.45, 2.75) is 27.7 Å². The van der Waals surface area contributed by atoms with Crippen molar-refractivity contribution in [2.24, 2.45) is 0 Å². The Bertz CT molecular complexity index is 523. The second-order valence-electron chi connectivity index (χ2n) is 3.37. The number of hydrogen-bond donors (Lipinski definition) is 1. The Morgan fingerprint density at radius 1 is 1.24 bits per heavy atom. The maximum Gasteiger partial charge on any atom is 0.221 e. The topological polar surface area (TPSA) is 54.9 Å². The van der Waals surface area contributed by atoms with Gasteiger partial charge >= 0.3 is 0 Å². The standard InChI is InChI=1S/C11H11N3O.C2H6/c1-7-10-4-3-9(14-8(2)15)5-11(10)13-6-12-7;1-2/h3-6H,1-2H3,(H,14,15);1-2H3. The van der Waals surface area contributed by atoms with E-state index in [0.29, 0.717) is 0 Å². The molecule has 0 saturated carbocycles. The molecule has 1 aromatic heterocycles. The normalized spacial score (nSPS) is 9.41. The van der Waals surface area contributed by atoms with Crippen LogP contribution < -0.4 is 5.32 Å². The van der Waals surface area contributed by atoms with Gasteiger partial charge < -0.3 is 5.32 Å². The molecule has 0 bridgehead atoms. The molecule has 1 heterocycles. The first-order valence-electron chi connectivity index (χ1n) is 5.66. The summed E-state index contributed by atoms with van der Waals surface area (Å²) in [6, 6.07) is 5.60. The molecule has 17 heavy (non-hydrogen) atoms. The third-order valence-corrected chi connectivity index (χ3v) is 2.16. The van der Waals surface area contributed by atoms with E-state index in [1.165, 1.54) is 13.3 Å². The molecule has 2 rings (SSSR count). The molecule has 0 atom stereocenters. The number of anilines is 1. The number of nitrogens with zero attached hydrogens (tertiary/aromatic N) is 2. The summed E-state index contributed by atoms with van der Waals surface area (Å²) < 4.78 is 0. The lowest BCUT2D eigenvalue weighted by molar-refractivity contribution is -0.114. The van der Waals surface area contributed by atoms with E-state index < -0.39 is 0 Å². The quantitative estimate of drug-likeness (QED) is 0.821. The van der Waals surface area contributed by atoms with Gasteiger partial charge in [-0.1, -0.05) is 13.8 Å². The molecule has 2 aromatic rings. The minimum absolute atomic E-state index is 0.0832. The molecular formula is C13H17N3O. The number of nitrogens with one attached hydrogen (secondary N) is 1. The van der Waals surface area contributed by atoms with Gasteiger partial charge in [0.15, 0.2) is 0 Å². The predicted octanol–water partition coefficient (Wildman–Crippen LogP) is 2.92. The summed E-state index contributed by atoms with van der Waals surface area (Å²) in [4.78, 5) is 19.1. The Morgan fingerprint density at radius 3 is 2.59 bits per heavy atom. The fourth-order valence-electron chi connectivity index (χ4n) is 1.47. The SMILES string of the molecule is CC.CC(=O)Nc1ccc2c(C)ncnc2c1. The first-order chi connectivity index (χ1) is 8.16. The Kier molecular flexibility index (Phi) is 4.57. The molecule has 1 N–H and O–H groups in total. The van der Waals surface area contributed by atoms with Crippen LogP contribution in [0.1, 0.15) is 26.5 Å². The summed E-state index contributed by atoms with van der Waals surface area (Å²) in [6.45, 7) is 7.41. The van der Waals surface area contributed by atoms with Crippen LogP contribution in [0.3, 0.4) is 0 Å². The number of benzene rings is 1. The number of rotatable bonds is 1. The maximum absolute atomic E-state index is 10.9. The molecule has 0 saturated heterocycles. The second kappa shape index (κ2) is 5.94. The van der Waals surface area contributed by atoms with E-state index in [4.69, 9.17) is 0 Å². The number of carbonyl (C=O) groups excluding carboxylic acids is 1. The van der Waals surface area contributed by atoms with Crippen molar-refractivity contribution >= 4 is 22.5 Å². The van der Waals surface area contributed by atoms with Gasteiger partial charge in [0, 0.05) is 23.7 Å². The number of hydrogen-bond acceptors (Lipinski definition) is 3. The third-order valence-electron chi connectivity index (χ3n) is 2.16. The largest absolute Gasteiger partial charge is 0.326 e. The van der Waals surface area contributed by atoms with Crippen LogP contribution in [0.15, 0.2) is 24.5 Å². The monoisotopic (exact) mass is 231 g/mol. The van der Waals surface area contributed by atoms with Crippen molar-refractivity contribution in [2.75, 3.05) is 5.32 Å². The highest BCUT2D eigenvalue weighted by Gasteiger charge is 2.01. The lowest BCUT2D eigenvalue weighted by Crippen LogP contribution is -2.05. The maximum atomic E-state index is 10.9. The summed E-state index contributed by atoms with van der Waals surface area (Å²) in [6.07, 6.45) is 1.52. The minimum Gasteiger partial charge on any atom is -0.326 e. The van der Waals surface area contributed by atoms with Gasteiger partial charge in [0.25, 0.3) is 0 Å². The van der Waals surface area contributed by atoms with Crippen molar-refractivity contribution in [3.8, 4) is 0 Å². The fraction of sp³-hybridized carbons (Fsp3) is 0.308. The lowest BCUT2D eigenvalue weighted by Gasteiger charge is -2.04. The highest BCUT2D eigenvalue weighted by molar-refractivity contribution is 5.92. The molecule has 0 aliphatic rings. The van der Waals surface area contributed by atoms with E-state index in [2.05, 4.69) is 15.3 Å². The summed E-state index contributed by atoms with van der Waals surface area (Å²) >= 11 is 0. The van der Waals surface area contributed by atoms with Crippen LogP contribution in [-0.4, -0.2) is 15.9 Å². The van der Waals surface area contributed by atoms with Crippen molar-refractivity contribution < 1.29 is 4.79 Å². The predicted molar refractivity (Wildman–Crippen MR) is 69.9 cm³/mol. The molecule has 1 amide bonds. The lowest BCUT2D eigenvalue weighted by atomic mass is 10.2. The molecule has 4 nitrogen and oxygen atoms in total. The van der Waals surface area contributed by atoms with Gasteiger partial charge in [0.05, 0.1) is 5.52 Å². The number of aryl methyl sites for hydroxylation is 1. The second-order valence-corrected chi connectivity index (χ2v) is 3.37. The van der Waals surface area contributed by atoms with Crippen LogP contribution in [0.2, 0.25) is 0 Å². The molecule has 90 valence electrons. The van der Waals surface area contributed by atoms with Crippen molar-refractivity contribution in [3.05, 3.63) is 30.2 Å². The molecule has 1 aromatic carbocycles. The molecule has 0 spiro atoms. The highest BCUT2D eigenvalue weighted by atomic mass is 16.1. The van der Waals surface area contributed by atoms with E-state index in [9.17, 15) is 4.79 Å².